The van der Waals surface area contributed by atoms with Crippen molar-refractivity contribution in [3.63, 3.8) is 0 Å². The van der Waals surface area contributed by atoms with E-state index < -0.39 is 0 Å². The van der Waals surface area contributed by atoms with E-state index in [0.717, 1.165) is 11.1 Å². The number of benzene rings is 2. The van der Waals surface area contributed by atoms with Crippen molar-refractivity contribution in [3.05, 3.63) is 58.7 Å². The molecule has 0 unspecified atom stereocenters. The molecule has 2 aromatic rings. The summed E-state index contributed by atoms with van der Waals surface area (Å²) in [6.07, 6.45) is 0. The molecule has 0 spiro atoms. The van der Waals surface area contributed by atoms with Gasteiger partial charge in [-0.05, 0) is 49.3 Å². The van der Waals surface area contributed by atoms with E-state index in [1.807, 2.05) is 0 Å². The topological polar surface area (TPSA) is 127 Å². The number of hydrazine groups is 1. The first-order valence-electron chi connectivity index (χ1n) is 8.27. The van der Waals surface area contributed by atoms with E-state index in [2.05, 4.69) is 5.43 Å². The fourth-order valence-corrected chi connectivity index (χ4v) is 2.75. The smallest absolute Gasteiger partial charge is 0.183 e. The second kappa shape index (κ2) is 8.61. The van der Waals surface area contributed by atoms with E-state index in [-0.39, 0.29) is 11.6 Å². The van der Waals surface area contributed by atoms with E-state index >= 15 is 0 Å². The van der Waals surface area contributed by atoms with E-state index in [9.17, 15) is 9.59 Å². The predicted octanol–water partition coefficient (Wildman–Crippen LogP) is 2.01. The second-order valence-corrected chi connectivity index (χ2v) is 6.63. The minimum Gasteiger partial charge on any atom is -0.398 e. The lowest BCUT2D eigenvalue weighted by molar-refractivity contribution is 0.100. The normalized spacial score (nSPS) is 10.3. The fourth-order valence-electron chi connectivity index (χ4n) is 2.62. The minimum absolute atomic E-state index is 0.0532. The molecule has 0 amide bonds. The number of carbonyl (C=O) groups is 2. The van der Waals surface area contributed by atoms with Crippen LogP contribution in [0.2, 0.25) is 0 Å². The molecular formula is C19H23N5O2S. The molecule has 0 atom stereocenters. The van der Waals surface area contributed by atoms with Crippen molar-refractivity contribution < 1.29 is 9.59 Å². The van der Waals surface area contributed by atoms with Crippen LogP contribution in [0.3, 0.4) is 0 Å². The molecule has 0 aliphatic rings. The zero-order chi connectivity index (χ0) is 20.1. The lowest BCUT2D eigenvalue weighted by Crippen LogP contribution is -2.42. The number of hydrogen-bond acceptors (Lipinski definition) is 6. The number of nitrogen functional groups attached to an aromatic ring is 2. The van der Waals surface area contributed by atoms with Gasteiger partial charge >= 0.3 is 0 Å². The number of nitrogens with one attached hydrogen (secondary N) is 1. The molecule has 0 aromatic heterocycles. The minimum atomic E-state index is -0.0532. The number of hydrogen-bond donors (Lipinski definition) is 4. The third kappa shape index (κ3) is 5.02. The van der Waals surface area contributed by atoms with Gasteiger partial charge in [-0.25, -0.2) is 5.84 Å². The third-order valence-corrected chi connectivity index (χ3v) is 4.61. The predicted molar refractivity (Wildman–Crippen MR) is 111 cm³/mol. The molecule has 2 rings (SSSR count). The van der Waals surface area contributed by atoms with Gasteiger partial charge in [-0.3, -0.25) is 9.59 Å². The van der Waals surface area contributed by atoms with Crippen molar-refractivity contribution >= 4 is 40.3 Å². The Morgan fingerprint density at radius 1 is 0.926 bits per heavy atom. The van der Waals surface area contributed by atoms with Gasteiger partial charge < -0.3 is 21.8 Å². The van der Waals surface area contributed by atoms with Crippen LogP contribution in [0.1, 0.15) is 45.7 Å². The van der Waals surface area contributed by atoms with E-state index in [4.69, 9.17) is 29.5 Å². The first-order valence-corrected chi connectivity index (χ1v) is 8.68. The highest BCUT2D eigenvalue weighted by molar-refractivity contribution is 7.80. The number of ketones is 2. The van der Waals surface area contributed by atoms with Crippen LogP contribution in [-0.4, -0.2) is 21.6 Å². The maximum atomic E-state index is 11.5. The van der Waals surface area contributed by atoms with Crippen LogP contribution in [0.25, 0.3) is 0 Å². The van der Waals surface area contributed by atoms with Crippen LogP contribution in [0.5, 0.6) is 0 Å². The lowest BCUT2D eigenvalue weighted by atomic mass is 10.0. The first-order chi connectivity index (χ1) is 12.7. The summed E-state index contributed by atoms with van der Waals surface area (Å²) in [6, 6.07) is 10.3. The fraction of sp³-hybridized carbons (Fsp3) is 0.211. The Balaban J connectivity index is 2.28. The zero-order valence-corrected chi connectivity index (χ0v) is 16.1. The zero-order valence-electron chi connectivity index (χ0n) is 15.3. The average Bonchev–Trinajstić information content (AvgIpc) is 2.62. The van der Waals surface area contributed by atoms with Crippen LogP contribution in [0, 0.1) is 0 Å². The van der Waals surface area contributed by atoms with E-state index in [1.54, 1.807) is 41.3 Å². The summed E-state index contributed by atoms with van der Waals surface area (Å²) >= 11 is 5.30. The van der Waals surface area contributed by atoms with Crippen molar-refractivity contribution in [2.75, 3.05) is 11.5 Å². The second-order valence-electron chi connectivity index (χ2n) is 6.25. The Morgan fingerprint density at radius 2 is 1.33 bits per heavy atom. The van der Waals surface area contributed by atoms with E-state index in [1.165, 1.54) is 13.8 Å². The first kappa shape index (κ1) is 20.3. The monoisotopic (exact) mass is 385 g/mol. The molecule has 7 nitrogen and oxygen atoms in total. The molecule has 0 radical (unpaired) electrons. The average molecular weight is 385 g/mol. The summed E-state index contributed by atoms with van der Waals surface area (Å²) in [5, 5.41) is 0.320. The van der Waals surface area contributed by atoms with Crippen molar-refractivity contribution in [1.29, 1.82) is 0 Å². The molecule has 0 bridgehead atoms. The molecular weight excluding hydrogens is 362 g/mol. The molecule has 0 aliphatic heterocycles. The number of Topliss-reactive ketones (excluding diaryl/α,β-unsaturated/α-hetero) is 2. The third-order valence-electron chi connectivity index (χ3n) is 4.24. The number of thiocarbonyl (C=S) groups is 1. The van der Waals surface area contributed by atoms with Crippen LogP contribution in [0.15, 0.2) is 36.4 Å². The summed E-state index contributed by atoms with van der Waals surface area (Å²) in [6.45, 7) is 3.73. The Hall–Kier alpha value is -2.97. The molecule has 0 fully saturated rings. The Labute approximate surface area is 163 Å². The van der Waals surface area contributed by atoms with Crippen LogP contribution < -0.4 is 22.7 Å². The van der Waals surface area contributed by atoms with E-state index in [0.29, 0.717) is 40.7 Å². The maximum Gasteiger partial charge on any atom is 0.183 e. The molecule has 0 saturated carbocycles. The summed E-state index contributed by atoms with van der Waals surface area (Å²) < 4.78 is 0. The number of nitrogens with zero attached hydrogens (tertiary/aromatic N) is 1. The number of carbonyl (C=O) groups excluding carboxylic acids is 2. The van der Waals surface area contributed by atoms with Gasteiger partial charge in [0.1, 0.15) is 0 Å². The van der Waals surface area contributed by atoms with Crippen LogP contribution >= 0.6 is 12.2 Å². The highest BCUT2D eigenvalue weighted by atomic mass is 32.1. The van der Waals surface area contributed by atoms with Crippen LogP contribution in [-0.2, 0) is 13.1 Å². The highest BCUT2D eigenvalue weighted by Gasteiger charge is 2.15. The molecule has 2 aromatic carbocycles. The van der Waals surface area contributed by atoms with Gasteiger partial charge in [0.25, 0.3) is 0 Å². The summed E-state index contributed by atoms with van der Waals surface area (Å²) in [5.41, 5.74) is 18.3. The molecule has 7 N–H and O–H groups in total. The van der Waals surface area contributed by atoms with Gasteiger partial charge in [-0.1, -0.05) is 24.3 Å². The molecule has 0 aliphatic carbocycles. The van der Waals surface area contributed by atoms with Crippen molar-refractivity contribution in [2.45, 2.75) is 26.9 Å². The van der Waals surface area contributed by atoms with Gasteiger partial charge in [-0.2, -0.15) is 0 Å². The van der Waals surface area contributed by atoms with Crippen molar-refractivity contribution in [3.8, 4) is 0 Å². The quantitative estimate of drug-likeness (QED) is 0.195. The Morgan fingerprint density at radius 3 is 1.63 bits per heavy atom. The molecule has 8 heteroatoms. The van der Waals surface area contributed by atoms with Gasteiger partial charge in [0.05, 0.1) is 0 Å². The van der Waals surface area contributed by atoms with Gasteiger partial charge in [-0.15, -0.1) is 0 Å². The molecule has 0 heterocycles. The molecule has 0 saturated heterocycles. The van der Waals surface area contributed by atoms with Gasteiger partial charge in [0.2, 0.25) is 0 Å². The standard InChI is InChI=1S/C19H23N5O2S/c1-11(25)13-3-5-15(17(20)7-13)9-24(19(27)23-22)10-16-6-4-14(12(2)26)8-18(16)21/h3-8H,9-10,20-22H2,1-2H3,(H,23,27). The lowest BCUT2D eigenvalue weighted by Gasteiger charge is -2.26. The van der Waals surface area contributed by atoms with Crippen molar-refractivity contribution in [2.24, 2.45) is 5.84 Å². The Bertz CT molecular complexity index is 832. The number of anilines is 2. The number of nitrogens with two attached hydrogens (primary N) is 3. The largest absolute Gasteiger partial charge is 0.398 e. The number of rotatable bonds is 6. The summed E-state index contributed by atoms with van der Waals surface area (Å²) in [5.74, 6) is 5.39. The maximum absolute atomic E-state index is 11.5. The van der Waals surface area contributed by atoms with Gasteiger partial charge in [0.15, 0.2) is 16.7 Å². The van der Waals surface area contributed by atoms with Crippen molar-refractivity contribution in [1.82, 2.24) is 10.3 Å². The highest BCUT2D eigenvalue weighted by Crippen LogP contribution is 2.21. The van der Waals surface area contributed by atoms with Crippen LogP contribution in [0.4, 0.5) is 11.4 Å². The molecule has 27 heavy (non-hydrogen) atoms. The van der Waals surface area contributed by atoms with Gasteiger partial charge in [0, 0.05) is 35.6 Å². The SMILES string of the molecule is CC(=O)c1ccc(CN(Cc2ccc(C(C)=O)cc2N)C(=S)NN)c(N)c1. The summed E-state index contributed by atoms with van der Waals surface area (Å²) in [4.78, 5) is 24.8. The Kier molecular flexibility index (Phi) is 6.49. The summed E-state index contributed by atoms with van der Waals surface area (Å²) in [7, 11) is 0. The molecule has 142 valence electrons.